The lowest BCUT2D eigenvalue weighted by Crippen LogP contribution is -2.37. The Balaban J connectivity index is 2.17. The highest BCUT2D eigenvalue weighted by molar-refractivity contribution is 7.07. The first-order valence-electron chi connectivity index (χ1n) is 5.87. The van der Waals surface area contributed by atoms with E-state index in [1.54, 1.807) is 5.38 Å². The minimum absolute atomic E-state index is 0.0978. The maximum Gasteiger partial charge on any atom is 0.315 e. The molecule has 7 nitrogen and oxygen atoms in total. The maximum atomic E-state index is 11.4. The van der Waals surface area contributed by atoms with E-state index in [9.17, 15) is 14.4 Å². The number of aromatic amines is 1. The Morgan fingerprint density at radius 2 is 2.21 bits per heavy atom. The third-order valence-corrected chi connectivity index (χ3v) is 3.19. The second-order valence-corrected chi connectivity index (χ2v) is 5.12. The fourth-order valence-electron chi connectivity index (χ4n) is 1.38. The molecule has 4 N–H and O–H groups in total. The summed E-state index contributed by atoms with van der Waals surface area (Å²) in [6, 6.07) is -0.339. The minimum atomic E-state index is -0.835. The van der Waals surface area contributed by atoms with Crippen LogP contribution in [0.3, 0.4) is 0 Å². The van der Waals surface area contributed by atoms with Gasteiger partial charge in [-0.25, -0.2) is 4.79 Å². The molecule has 0 fully saturated rings. The van der Waals surface area contributed by atoms with Gasteiger partial charge in [0.2, 0.25) is 0 Å². The summed E-state index contributed by atoms with van der Waals surface area (Å²) in [6.45, 7) is 2.55. The van der Waals surface area contributed by atoms with Gasteiger partial charge in [0.15, 0.2) is 0 Å². The molecule has 1 aromatic rings. The van der Waals surface area contributed by atoms with Crippen LogP contribution in [0, 0.1) is 5.92 Å². The average Bonchev–Trinajstić information content (AvgIpc) is 2.77. The third-order valence-electron chi connectivity index (χ3n) is 2.47. The Bertz CT molecular complexity index is 482. The van der Waals surface area contributed by atoms with E-state index in [1.165, 1.54) is 0 Å². The number of rotatable bonds is 7. The smallest absolute Gasteiger partial charge is 0.315 e. The number of carboxylic acid groups (broad SMARTS) is 1. The van der Waals surface area contributed by atoms with Crippen LogP contribution < -0.4 is 15.5 Å². The van der Waals surface area contributed by atoms with Crippen LogP contribution in [0.15, 0.2) is 10.2 Å². The van der Waals surface area contributed by atoms with E-state index in [1.807, 2.05) is 6.92 Å². The highest BCUT2D eigenvalue weighted by Gasteiger charge is 2.07. The molecule has 0 aliphatic heterocycles. The van der Waals surface area contributed by atoms with Crippen molar-refractivity contribution in [3.63, 3.8) is 0 Å². The van der Waals surface area contributed by atoms with Crippen molar-refractivity contribution < 1.29 is 14.7 Å². The summed E-state index contributed by atoms with van der Waals surface area (Å²) in [7, 11) is 0. The first-order chi connectivity index (χ1) is 8.97. The Labute approximate surface area is 114 Å². The number of carbonyl (C=O) groups is 2. The van der Waals surface area contributed by atoms with E-state index < -0.39 is 5.97 Å². The minimum Gasteiger partial charge on any atom is -0.481 e. The Morgan fingerprint density at radius 3 is 2.79 bits per heavy atom. The van der Waals surface area contributed by atoms with Crippen LogP contribution >= 0.6 is 11.3 Å². The quantitative estimate of drug-likeness (QED) is 0.592. The first-order valence-corrected chi connectivity index (χ1v) is 6.75. The highest BCUT2D eigenvalue weighted by Crippen LogP contribution is 2.03. The van der Waals surface area contributed by atoms with Gasteiger partial charge in [0.05, 0.1) is 6.54 Å². The highest BCUT2D eigenvalue weighted by atomic mass is 32.1. The van der Waals surface area contributed by atoms with Gasteiger partial charge in [-0.1, -0.05) is 18.3 Å². The molecule has 0 saturated heterocycles. The van der Waals surface area contributed by atoms with Crippen LogP contribution in [0.25, 0.3) is 0 Å². The number of amides is 2. The van der Waals surface area contributed by atoms with Crippen molar-refractivity contribution in [1.29, 1.82) is 0 Å². The molecule has 1 atom stereocenters. The summed E-state index contributed by atoms with van der Waals surface area (Å²) in [6.07, 6.45) is 0.619. The first kappa shape index (κ1) is 15.2. The summed E-state index contributed by atoms with van der Waals surface area (Å²) in [5.74, 6) is -0.736. The van der Waals surface area contributed by atoms with Crippen LogP contribution in [0.1, 0.15) is 25.5 Å². The normalized spacial score (nSPS) is 11.8. The molecule has 0 radical (unpaired) electrons. The zero-order valence-corrected chi connectivity index (χ0v) is 11.4. The van der Waals surface area contributed by atoms with E-state index in [0.29, 0.717) is 18.7 Å². The molecule has 0 spiro atoms. The number of thiazole rings is 1. The van der Waals surface area contributed by atoms with Crippen LogP contribution in [0.4, 0.5) is 4.79 Å². The van der Waals surface area contributed by atoms with Crippen molar-refractivity contribution in [2.75, 3.05) is 6.54 Å². The van der Waals surface area contributed by atoms with Crippen LogP contribution in [0.2, 0.25) is 0 Å². The molecule has 0 aliphatic rings. The topological polar surface area (TPSA) is 111 Å². The van der Waals surface area contributed by atoms with E-state index in [2.05, 4.69) is 15.6 Å². The van der Waals surface area contributed by atoms with Crippen LogP contribution in [-0.2, 0) is 11.3 Å². The lowest BCUT2D eigenvalue weighted by atomic mass is 10.1. The van der Waals surface area contributed by atoms with Crippen LogP contribution in [0.5, 0.6) is 0 Å². The van der Waals surface area contributed by atoms with Gasteiger partial charge in [0.25, 0.3) is 0 Å². The Morgan fingerprint density at radius 1 is 1.47 bits per heavy atom. The van der Waals surface area contributed by atoms with E-state index in [4.69, 9.17) is 5.11 Å². The largest absolute Gasteiger partial charge is 0.481 e. The molecule has 1 rings (SSSR count). The van der Waals surface area contributed by atoms with Crippen molar-refractivity contribution in [1.82, 2.24) is 15.6 Å². The molecule has 1 heterocycles. The lowest BCUT2D eigenvalue weighted by molar-refractivity contribution is -0.137. The van der Waals surface area contributed by atoms with E-state index >= 15 is 0 Å². The zero-order valence-electron chi connectivity index (χ0n) is 10.6. The molecule has 1 aromatic heterocycles. The molecule has 0 aliphatic carbocycles. The molecule has 8 heteroatoms. The number of urea groups is 1. The number of nitrogens with one attached hydrogen (secondary N) is 3. The predicted octanol–water partition coefficient (Wildman–Crippen LogP) is 0.737. The van der Waals surface area contributed by atoms with Gasteiger partial charge in [-0.05, 0) is 12.3 Å². The molecule has 0 aromatic carbocycles. The Hall–Kier alpha value is -1.83. The number of aromatic nitrogens is 1. The molecular weight excluding hydrogens is 270 g/mol. The lowest BCUT2D eigenvalue weighted by Gasteiger charge is -2.11. The summed E-state index contributed by atoms with van der Waals surface area (Å²) >= 11 is 1.05. The second-order valence-electron chi connectivity index (χ2n) is 4.27. The van der Waals surface area contributed by atoms with Gasteiger partial charge in [-0.3, -0.25) is 9.59 Å². The molecule has 2 amide bonds. The summed E-state index contributed by atoms with van der Waals surface area (Å²) in [5, 5.41) is 15.4. The number of carboxylic acids is 1. The number of H-pyrrole nitrogens is 1. The molecule has 0 saturated carbocycles. The maximum absolute atomic E-state index is 11.4. The average molecular weight is 287 g/mol. The van der Waals surface area contributed by atoms with Gasteiger partial charge >= 0.3 is 16.9 Å². The molecule has 0 bridgehead atoms. The third kappa shape index (κ3) is 6.61. The molecule has 19 heavy (non-hydrogen) atoms. The number of hydrogen-bond acceptors (Lipinski definition) is 4. The summed E-state index contributed by atoms with van der Waals surface area (Å²) in [5.41, 5.74) is 0.657. The second kappa shape index (κ2) is 7.57. The van der Waals surface area contributed by atoms with Crippen molar-refractivity contribution in [3.05, 3.63) is 20.7 Å². The van der Waals surface area contributed by atoms with Gasteiger partial charge in [0.1, 0.15) is 0 Å². The van der Waals surface area contributed by atoms with Crippen LogP contribution in [-0.4, -0.2) is 28.6 Å². The van der Waals surface area contributed by atoms with Crippen molar-refractivity contribution in [2.45, 2.75) is 26.3 Å². The predicted molar refractivity (Wildman–Crippen MR) is 71.2 cm³/mol. The van der Waals surface area contributed by atoms with Crippen molar-refractivity contribution in [2.24, 2.45) is 5.92 Å². The van der Waals surface area contributed by atoms with Gasteiger partial charge in [-0.2, -0.15) is 0 Å². The number of aliphatic carboxylic acids is 1. The standard InChI is InChI=1S/C11H17N3O4S/c1-7(2-3-9(15)16)4-12-10(17)13-5-8-6-19-11(18)14-8/h6-7H,2-5H2,1H3,(H,14,18)(H,15,16)(H2,12,13,17). The van der Waals surface area contributed by atoms with Crippen molar-refractivity contribution in [3.8, 4) is 0 Å². The zero-order chi connectivity index (χ0) is 14.3. The monoisotopic (exact) mass is 287 g/mol. The molecule has 1 unspecified atom stereocenters. The molecule has 106 valence electrons. The summed E-state index contributed by atoms with van der Waals surface area (Å²) in [4.78, 5) is 35.1. The fourth-order valence-corrected chi connectivity index (χ4v) is 1.96. The van der Waals surface area contributed by atoms with Crippen molar-refractivity contribution >= 4 is 23.3 Å². The van der Waals surface area contributed by atoms with Gasteiger partial charge < -0.3 is 20.7 Å². The summed E-state index contributed by atoms with van der Waals surface area (Å²) < 4.78 is 0. The van der Waals surface area contributed by atoms with Gasteiger partial charge in [0, 0.05) is 24.0 Å². The SMILES string of the molecule is CC(CCC(=O)O)CNC(=O)NCc1csc(=O)[nH]1. The fraction of sp³-hybridized carbons (Fsp3) is 0.545. The van der Waals surface area contributed by atoms with E-state index in [0.717, 1.165) is 11.3 Å². The Kier molecular flexibility index (Phi) is 6.07. The molecular formula is C11H17N3O4S. The van der Waals surface area contributed by atoms with Gasteiger partial charge in [-0.15, -0.1) is 0 Å². The van der Waals surface area contributed by atoms with E-state index in [-0.39, 0.29) is 29.8 Å². The number of carbonyl (C=O) groups excluding carboxylic acids is 1. The number of hydrogen-bond donors (Lipinski definition) is 4.